The fourth-order valence-electron chi connectivity index (χ4n) is 2.66. The normalized spacial score (nSPS) is 16.0. The topological polar surface area (TPSA) is 55.8 Å². The molecule has 0 bridgehead atoms. The lowest BCUT2D eigenvalue weighted by Crippen LogP contribution is -2.37. The van der Waals surface area contributed by atoms with Crippen LogP contribution < -0.4 is 13.8 Å². The van der Waals surface area contributed by atoms with Crippen molar-refractivity contribution < 1.29 is 17.9 Å². The van der Waals surface area contributed by atoms with Gasteiger partial charge in [-0.25, -0.2) is 8.42 Å². The number of benzene rings is 2. The van der Waals surface area contributed by atoms with Crippen molar-refractivity contribution in [1.29, 1.82) is 0 Å². The summed E-state index contributed by atoms with van der Waals surface area (Å²) in [6.45, 7) is 0.412. The molecule has 0 unspecified atom stereocenters. The van der Waals surface area contributed by atoms with Gasteiger partial charge in [0.2, 0.25) is 0 Å². The first-order chi connectivity index (χ1) is 10.6. The second-order valence-corrected chi connectivity index (χ2v) is 6.81. The van der Waals surface area contributed by atoms with Crippen LogP contribution in [0.15, 0.2) is 47.4 Å². The number of anilines is 1. The van der Waals surface area contributed by atoms with E-state index in [4.69, 9.17) is 9.47 Å². The van der Waals surface area contributed by atoms with Crippen LogP contribution in [0.25, 0.3) is 0 Å². The van der Waals surface area contributed by atoms with Gasteiger partial charge in [-0.2, -0.15) is 0 Å². The van der Waals surface area contributed by atoms with Crippen molar-refractivity contribution in [2.24, 2.45) is 0 Å². The Morgan fingerprint density at radius 1 is 1.00 bits per heavy atom. The van der Waals surface area contributed by atoms with Crippen LogP contribution >= 0.6 is 0 Å². The average molecular weight is 319 g/mol. The number of hydrogen-bond acceptors (Lipinski definition) is 4. The van der Waals surface area contributed by atoms with Gasteiger partial charge in [-0.15, -0.1) is 0 Å². The van der Waals surface area contributed by atoms with Gasteiger partial charge in [0.25, 0.3) is 10.0 Å². The lowest BCUT2D eigenvalue weighted by Gasteiger charge is -2.30. The van der Waals surface area contributed by atoms with E-state index in [1.165, 1.54) is 18.5 Å². The van der Waals surface area contributed by atoms with Gasteiger partial charge in [0.1, 0.15) is 0 Å². The molecule has 116 valence electrons. The summed E-state index contributed by atoms with van der Waals surface area (Å²) in [4.78, 5) is 0.278. The molecule has 0 aliphatic carbocycles. The lowest BCUT2D eigenvalue weighted by atomic mass is 10.1. The first kappa shape index (κ1) is 14.7. The Labute approximate surface area is 130 Å². The third-order valence-corrected chi connectivity index (χ3v) is 5.67. The molecule has 0 aromatic heterocycles. The van der Waals surface area contributed by atoms with Crippen LogP contribution in [0.2, 0.25) is 0 Å². The minimum Gasteiger partial charge on any atom is -0.493 e. The molecule has 5 nitrogen and oxygen atoms in total. The fourth-order valence-corrected chi connectivity index (χ4v) is 4.38. The Bertz CT molecular complexity index is 787. The van der Waals surface area contributed by atoms with E-state index in [0.29, 0.717) is 30.2 Å². The highest BCUT2D eigenvalue weighted by molar-refractivity contribution is 7.93. The summed E-state index contributed by atoms with van der Waals surface area (Å²) in [7, 11) is -0.561. The first-order valence-corrected chi connectivity index (χ1v) is 8.34. The smallest absolute Gasteiger partial charge is 0.264 e. The van der Waals surface area contributed by atoms with Gasteiger partial charge in [-0.3, -0.25) is 4.31 Å². The Morgan fingerprint density at radius 3 is 2.27 bits per heavy atom. The van der Waals surface area contributed by atoms with Crippen molar-refractivity contribution in [1.82, 2.24) is 0 Å². The van der Waals surface area contributed by atoms with E-state index in [2.05, 4.69) is 0 Å². The van der Waals surface area contributed by atoms with E-state index in [9.17, 15) is 8.42 Å². The summed E-state index contributed by atoms with van der Waals surface area (Å²) in [5.41, 5.74) is 1.42. The largest absolute Gasteiger partial charge is 0.493 e. The van der Waals surface area contributed by atoms with Crippen LogP contribution in [0.3, 0.4) is 0 Å². The molecule has 0 N–H and O–H groups in total. The van der Waals surface area contributed by atoms with Crippen molar-refractivity contribution in [2.45, 2.75) is 11.3 Å². The number of nitrogens with zero attached hydrogens (tertiary/aromatic N) is 1. The molecule has 0 spiro atoms. The molecule has 0 amide bonds. The van der Waals surface area contributed by atoms with Gasteiger partial charge < -0.3 is 9.47 Å². The van der Waals surface area contributed by atoms with Gasteiger partial charge in [0, 0.05) is 12.6 Å². The molecule has 0 fully saturated rings. The van der Waals surface area contributed by atoms with Gasteiger partial charge in [0.05, 0.1) is 24.8 Å². The number of hydrogen-bond donors (Lipinski definition) is 0. The summed E-state index contributed by atoms with van der Waals surface area (Å²) in [5, 5.41) is 0. The Balaban J connectivity index is 2.13. The maximum atomic E-state index is 12.9. The highest BCUT2D eigenvalue weighted by atomic mass is 32.2. The van der Waals surface area contributed by atoms with E-state index < -0.39 is 10.0 Å². The van der Waals surface area contributed by atoms with E-state index in [0.717, 1.165) is 5.56 Å². The minimum absolute atomic E-state index is 0.278. The van der Waals surface area contributed by atoms with E-state index in [1.807, 2.05) is 18.2 Å². The summed E-state index contributed by atoms with van der Waals surface area (Å²) in [5.74, 6) is 0.962. The van der Waals surface area contributed by atoms with E-state index in [1.54, 1.807) is 24.3 Å². The molecule has 2 aromatic rings. The Kier molecular flexibility index (Phi) is 3.70. The number of fused-ring (bicyclic) bond motifs is 1. The van der Waals surface area contributed by atoms with E-state index in [-0.39, 0.29) is 4.90 Å². The molecule has 2 aromatic carbocycles. The Morgan fingerprint density at radius 2 is 1.64 bits per heavy atom. The number of ether oxygens (including phenoxy) is 2. The molecule has 0 atom stereocenters. The number of methoxy groups -OCH3 is 2. The van der Waals surface area contributed by atoms with Crippen LogP contribution in [0.5, 0.6) is 11.5 Å². The molecular formula is C16H17NO4S. The maximum absolute atomic E-state index is 12.9. The van der Waals surface area contributed by atoms with Crippen molar-refractivity contribution in [3.8, 4) is 11.5 Å². The standard InChI is InChI=1S/C16H17NO4S/c1-20-14-10-12-8-9-17(13-6-4-3-5-7-13)22(18,19)16(12)11-15(14)21-2/h3-7,10-11H,8-9H2,1-2H3. The molecular weight excluding hydrogens is 302 g/mol. The van der Waals surface area contributed by atoms with Crippen molar-refractivity contribution in [2.75, 3.05) is 25.1 Å². The number of sulfonamides is 1. The molecule has 1 heterocycles. The summed E-state index contributed by atoms with van der Waals surface area (Å²) in [6, 6.07) is 12.4. The molecule has 3 rings (SSSR count). The second kappa shape index (κ2) is 5.53. The minimum atomic E-state index is -3.60. The highest BCUT2D eigenvalue weighted by Crippen LogP contribution is 2.37. The first-order valence-electron chi connectivity index (χ1n) is 6.90. The van der Waals surface area contributed by atoms with Crippen molar-refractivity contribution in [3.63, 3.8) is 0 Å². The average Bonchev–Trinajstić information content (AvgIpc) is 2.54. The molecule has 1 aliphatic heterocycles. The predicted molar refractivity (Wildman–Crippen MR) is 84.2 cm³/mol. The van der Waals surface area contributed by atoms with Gasteiger partial charge in [-0.05, 0) is 30.2 Å². The van der Waals surface area contributed by atoms with Gasteiger partial charge in [-0.1, -0.05) is 18.2 Å². The fraction of sp³-hybridized carbons (Fsp3) is 0.250. The molecule has 0 radical (unpaired) electrons. The monoisotopic (exact) mass is 319 g/mol. The van der Waals surface area contributed by atoms with Crippen LogP contribution in [0.1, 0.15) is 5.56 Å². The zero-order valence-corrected chi connectivity index (χ0v) is 13.3. The summed E-state index contributed by atoms with van der Waals surface area (Å²) >= 11 is 0. The van der Waals surface area contributed by atoms with Crippen LogP contribution in [-0.2, 0) is 16.4 Å². The zero-order valence-electron chi connectivity index (χ0n) is 12.4. The van der Waals surface area contributed by atoms with Gasteiger partial charge in [0.15, 0.2) is 11.5 Å². The lowest BCUT2D eigenvalue weighted by molar-refractivity contribution is 0.353. The third-order valence-electron chi connectivity index (χ3n) is 3.76. The van der Waals surface area contributed by atoms with Gasteiger partial charge >= 0.3 is 0 Å². The van der Waals surface area contributed by atoms with Crippen LogP contribution in [0, 0.1) is 0 Å². The van der Waals surface area contributed by atoms with Crippen LogP contribution in [0.4, 0.5) is 5.69 Å². The van der Waals surface area contributed by atoms with Crippen molar-refractivity contribution >= 4 is 15.7 Å². The molecule has 1 aliphatic rings. The molecule has 0 saturated carbocycles. The Hall–Kier alpha value is -2.21. The highest BCUT2D eigenvalue weighted by Gasteiger charge is 2.33. The molecule has 22 heavy (non-hydrogen) atoms. The van der Waals surface area contributed by atoms with Crippen molar-refractivity contribution in [3.05, 3.63) is 48.0 Å². The SMILES string of the molecule is COc1cc2c(cc1OC)S(=O)(=O)N(c1ccccc1)CC2. The number of rotatable bonds is 3. The maximum Gasteiger partial charge on any atom is 0.264 e. The number of para-hydroxylation sites is 1. The second-order valence-electron chi connectivity index (χ2n) is 4.98. The van der Waals surface area contributed by atoms with E-state index >= 15 is 0 Å². The molecule has 0 saturated heterocycles. The predicted octanol–water partition coefficient (Wildman–Crippen LogP) is 2.46. The third kappa shape index (κ3) is 2.29. The molecule has 6 heteroatoms. The quantitative estimate of drug-likeness (QED) is 0.872. The van der Waals surface area contributed by atoms with Crippen LogP contribution in [-0.4, -0.2) is 29.2 Å². The zero-order chi connectivity index (χ0) is 15.7. The summed E-state index contributed by atoms with van der Waals surface area (Å²) < 4.78 is 37.7. The summed E-state index contributed by atoms with van der Waals surface area (Å²) in [6.07, 6.45) is 0.629.